The molecule has 0 fully saturated rings. The van der Waals surface area contributed by atoms with Crippen molar-refractivity contribution < 1.29 is 37.2 Å². The quantitative estimate of drug-likeness (QED) is 0.0326. The molecule has 0 saturated carbocycles. The maximum atomic E-state index is 13.3. The first kappa shape index (κ1) is 38.0. The van der Waals surface area contributed by atoms with Crippen molar-refractivity contribution in [3.05, 3.63) is 127 Å². The zero-order valence-electron chi connectivity index (χ0n) is 28.3. The second-order valence-corrected chi connectivity index (χ2v) is 13.0. The van der Waals surface area contributed by atoms with Crippen molar-refractivity contribution in [2.45, 2.75) is 36.7 Å². The van der Waals surface area contributed by atoms with Gasteiger partial charge in [0.2, 0.25) is 11.8 Å². The molecule has 0 saturated heterocycles. The summed E-state index contributed by atoms with van der Waals surface area (Å²) in [5, 5.41) is 13.5. The number of ether oxygens (including phenoxy) is 1. The number of hydrogen-bond acceptors (Lipinski definition) is 11. The van der Waals surface area contributed by atoms with E-state index < -0.39 is 34.1 Å². The monoisotopic (exact) mass is 736 g/mol. The number of anilines is 1. The summed E-state index contributed by atoms with van der Waals surface area (Å²) in [5.41, 5.74) is 12.0. The first-order valence-corrected chi connectivity index (χ1v) is 17.9. The van der Waals surface area contributed by atoms with Crippen molar-refractivity contribution in [2.75, 3.05) is 12.0 Å². The second-order valence-electron chi connectivity index (χ2n) is 11.6. The molecule has 0 aliphatic heterocycles. The first-order chi connectivity index (χ1) is 25.5. The number of nitrogens with zero attached hydrogens (tertiary/aromatic N) is 4. The minimum atomic E-state index is -4.48. The maximum absolute atomic E-state index is 13.3. The van der Waals surface area contributed by atoms with Crippen molar-refractivity contribution >= 4 is 39.9 Å². The van der Waals surface area contributed by atoms with Gasteiger partial charge in [-0.3, -0.25) is 24.5 Å². The standard InChI is InChI=1S/C38H36N6O8S/c39-36(38(47)48)44(37(46)29-19-20-33(40-24-29)43-41-25-28-16-9-10-17-32(28)53(49,50)51)35(45)18-8-3-11-21-52-34-23-30(26-12-4-1-5-13-26)22-31(42-34)27-14-6-2-7-15-27/h1-2,4-7,9-10,12-17,19-20,22-25,36H,3,8,11,18,21,39H2,(H,40,43)(H,47,48)(H,49,50,51). The molecule has 5 N–H and O–H groups in total. The lowest BCUT2D eigenvalue weighted by Crippen LogP contribution is -2.53. The SMILES string of the molecule is NC(C(=O)O)N(C(=O)CCCCCOc1cc(-c2ccccc2)cc(-c2ccccc2)n1)C(=O)c1ccc(NN=Cc2ccccc2S(=O)(=O)O)nc1. The van der Waals surface area contributed by atoms with E-state index in [1.807, 2.05) is 72.8 Å². The molecule has 2 amide bonds. The van der Waals surface area contributed by atoms with E-state index in [4.69, 9.17) is 15.5 Å². The average Bonchev–Trinajstić information content (AvgIpc) is 3.16. The number of nitrogens with two attached hydrogens (primary N) is 1. The number of rotatable bonds is 16. The maximum Gasteiger partial charge on any atom is 0.341 e. The highest BCUT2D eigenvalue weighted by Crippen LogP contribution is 2.29. The fraction of sp³-hybridized carbons (Fsp3) is 0.158. The molecule has 5 rings (SSSR count). The van der Waals surface area contributed by atoms with Crippen LogP contribution >= 0.6 is 0 Å². The summed E-state index contributed by atoms with van der Waals surface area (Å²) in [5.74, 6) is -2.68. The smallest absolute Gasteiger partial charge is 0.341 e. The third-order valence-corrected chi connectivity index (χ3v) is 8.80. The van der Waals surface area contributed by atoms with E-state index in [1.165, 1.54) is 30.3 Å². The van der Waals surface area contributed by atoms with E-state index >= 15 is 0 Å². The third-order valence-electron chi connectivity index (χ3n) is 7.87. The highest BCUT2D eigenvalue weighted by atomic mass is 32.2. The van der Waals surface area contributed by atoms with Crippen molar-refractivity contribution in [1.29, 1.82) is 0 Å². The number of carboxylic acid groups (broad SMARTS) is 1. The van der Waals surface area contributed by atoms with Crippen LogP contribution in [-0.4, -0.2) is 69.7 Å². The zero-order chi connectivity index (χ0) is 37.8. The number of hydrazone groups is 1. The molecular weight excluding hydrogens is 701 g/mol. The van der Waals surface area contributed by atoms with E-state index in [0.29, 0.717) is 36.6 Å². The number of aromatic nitrogens is 2. The molecule has 0 spiro atoms. The highest BCUT2D eigenvalue weighted by molar-refractivity contribution is 7.86. The van der Waals surface area contributed by atoms with Gasteiger partial charge in [0.1, 0.15) is 10.7 Å². The van der Waals surface area contributed by atoms with Crippen LogP contribution in [0.5, 0.6) is 5.88 Å². The van der Waals surface area contributed by atoms with Gasteiger partial charge in [0.25, 0.3) is 16.0 Å². The number of nitrogens with one attached hydrogen (secondary N) is 1. The van der Waals surface area contributed by atoms with Crippen molar-refractivity contribution in [2.24, 2.45) is 10.8 Å². The summed E-state index contributed by atoms with van der Waals surface area (Å²) >= 11 is 0. The summed E-state index contributed by atoms with van der Waals surface area (Å²) in [6, 6.07) is 31.8. The van der Waals surface area contributed by atoms with Crippen LogP contribution in [0.4, 0.5) is 5.82 Å². The second kappa shape index (κ2) is 17.8. The Hall–Kier alpha value is -6.29. The molecule has 14 nitrogen and oxygen atoms in total. The fourth-order valence-electron chi connectivity index (χ4n) is 5.21. The van der Waals surface area contributed by atoms with Gasteiger partial charge in [0.05, 0.1) is 24.1 Å². The molecule has 272 valence electrons. The summed E-state index contributed by atoms with van der Waals surface area (Å²) in [6.45, 7) is 0.314. The van der Waals surface area contributed by atoms with Gasteiger partial charge in [0.15, 0.2) is 6.17 Å². The van der Waals surface area contributed by atoms with Crippen LogP contribution in [0.1, 0.15) is 41.6 Å². The van der Waals surface area contributed by atoms with Gasteiger partial charge in [-0.1, -0.05) is 78.9 Å². The van der Waals surface area contributed by atoms with Crippen molar-refractivity contribution in [3.8, 4) is 28.3 Å². The molecule has 2 aromatic heterocycles. The number of amides is 2. The van der Waals surface area contributed by atoms with Gasteiger partial charge in [-0.15, -0.1) is 0 Å². The number of hydrogen-bond donors (Lipinski definition) is 4. The minimum absolute atomic E-state index is 0.102. The summed E-state index contributed by atoms with van der Waals surface area (Å²) < 4.78 is 38.5. The number of imide groups is 1. The number of pyridine rings is 2. The number of carbonyl (C=O) groups excluding carboxylic acids is 2. The average molecular weight is 737 g/mol. The molecule has 2 heterocycles. The predicted octanol–water partition coefficient (Wildman–Crippen LogP) is 5.48. The molecule has 0 radical (unpaired) electrons. The first-order valence-electron chi connectivity index (χ1n) is 16.4. The molecule has 0 bridgehead atoms. The van der Waals surface area contributed by atoms with Crippen LogP contribution in [0.15, 0.2) is 125 Å². The largest absolute Gasteiger partial charge is 0.479 e. The number of benzene rings is 3. The molecular formula is C38H36N6O8S. The highest BCUT2D eigenvalue weighted by Gasteiger charge is 2.32. The van der Waals surface area contributed by atoms with Gasteiger partial charge >= 0.3 is 5.97 Å². The Balaban J connectivity index is 1.16. The lowest BCUT2D eigenvalue weighted by atomic mass is 10.0. The summed E-state index contributed by atoms with van der Waals surface area (Å²) in [4.78, 5) is 47.1. The molecule has 1 atom stereocenters. The van der Waals surface area contributed by atoms with Gasteiger partial charge < -0.3 is 15.6 Å². The van der Waals surface area contributed by atoms with Crippen molar-refractivity contribution in [1.82, 2.24) is 14.9 Å². The third kappa shape index (κ3) is 10.4. The Morgan fingerprint density at radius 2 is 1.55 bits per heavy atom. The normalized spacial score (nSPS) is 11.9. The molecule has 5 aromatic rings. The van der Waals surface area contributed by atoms with Gasteiger partial charge in [-0.2, -0.15) is 13.5 Å². The number of aliphatic carboxylic acids is 1. The Bertz CT molecular complexity index is 2130. The van der Waals surface area contributed by atoms with E-state index in [2.05, 4.69) is 15.5 Å². The van der Waals surface area contributed by atoms with E-state index in [0.717, 1.165) is 34.8 Å². The van der Waals surface area contributed by atoms with Gasteiger partial charge in [-0.25, -0.2) is 14.8 Å². The van der Waals surface area contributed by atoms with E-state index in [9.17, 15) is 32.5 Å². The van der Waals surface area contributed by atoms with Crippen LogP contribution in [-0.2, 0) is 19.7 Å². The molecule has 15 heteroatoms. The van der Waals surface area contributed by atoms with Crippen LogP contribution in [0, 0.1) is 0 Å². The summed E-state index contributed by atoms with van der Waals surface area (Å²) in [6.07, 6.45) is 1.64. The number of unbranched alkanes of at least 4 members (excludes halogenated alkanes) is 2. The van der Waals surface area contributed by atoms with E-state index in [-0.39, 0.29) is 28.3 Å². The van der Waals surface area contributed by atoms with Crippen LogP contribution in [0.2, 0.25) is 0 Å². The summed E-state index contributed by atoms with van der Waals surface area (Å²) in [7, 11) is -4.48. The van der Waals surface area contributed by atoms with Gasteiger partial charge in [-0.05, 0) is 54.7 Å². The van der Waals surface area contributed by atoms with Crippen LogP contribution in [0.25, 0.3) is 22.4 Å². The topological polar surface area (TPSA) is 214 Å². The predicted molar refractivity (Wildman–Crippen MR) is 198 cm³/mol. The molecule has 3 aromatic carbocycles. The van der Waals surface area contributed by atoms with Crippen LogP contribution < -0.4 is 15.9 Å². The number of carbonyl (C=O) groups is 3. The lowest BCUT2D eigenvalue weighted by molar-refractivity contribution is -0.147. The zero-order valence-corrected chi connectivity index (χ0v) is 29.1. The Morgan fingerprint density at radius 3 is 2.21 bits per heavy atom. The van der Waals surface area contributed by atoms with Gasteiger partial charge in [0, 0.05) is 29.8 Å². The van der Waals surface area contributed by atoms with Crippen molar-refractivity contribution in [3.63, 3.8) is 0 Å². The fourth-order valence-corrected chi connectivity index (χ4v) is 5.88. The molecule has 1 unspecified atom stereocenters. The number of carboxylic acids is 1. The van der Waals surface area contributed by atoms with Crippen LogP contribution in [0.3, 0.4) is 0 Å². The van der Waals surface area contributed by atoms with E-state index in [1.54, 1.807) is 6.07 Å². The molecule has 0 aliphatic carbocycles. The Labute approximate surface area is 305 Å². The molecule has 0 aliphatic rings. The minimum Gasteiger partial charge on any atom is -0.479 e. The molecule has 53 heavy (non-hydrogen) atoms. The lowest BCUT2D eigenvalue weighted by Gasteiger charge is -2.24. The Morgan fingerprint density at radius 1 is 0.868 bits per heavy atom. The Kier molecular flexibility index (Phi) is 12.7.